The summed E-state index contributed by atoms with van der Waals surface area (Å²) in [5.74, 6) is 0.990. The van der Waals surface area contributed by atoms with E-state index < -0.39 is 0 Å². The van der Waals surface area contributed by atoms with Gasteiger partial charge in [0.15, 0.2) is 0 Å². The maximum atomic E-state index is 4.60. The second-order valence-electron chi connectivity index (χ2n) is 3.93. The van der Waals surface area contributed by atoms with Crippen LogP contribution in [0.15, 0.2) is 41.7 Å². The lowest BCUT2D eigenvalue weighted by Crippen LogP contribution is -2.17. The molecule has 0 N–H and O–H groups in total. The molecule has 1 aromatic carbocycles. The summed E-state index contributed by atoms with van der Waals surface area (Å²) in [6.45, 7) is 2.00. The third-order valence-electron chi connectivity index (χ3n) is 2.59. The molecule has 1 aromatic heterocycles. The van der Waals surface area contributed by atoms with Gasteiger partial charge in [-0.05, 0) is 19.1 Å². The van der Waals surface area contributed by atoms with Crippen molar-refractivity contribution in [3.8, 4) is 0 Å². The molecular formula is C13H15N3. The van der Waals surface area contributed by atoms with Crippen molar-refractivity contribution in [2.24, 2.45) is 4.99 Å². The van der Waals surface area contributed by atoms with Crippen molar-refractivity contribution in [3.05, 3.63) is 36.7 Å². The number of nitrogens with zero attached hydrogens (tertiary/aromatic N) is 3. The molecule has 0 fully saturated rings. The molecule has 0 saturated carbocycles. The van der Waals surface area contributed by atoms with Gasteiger partial charge in [0.1, 0.15) is 5.84 Å². The van der Waals surface area contributed by atoms with Gasteiger partial charge in [0.25, 0.3) is 0 Å². The number of amidine groups is 1. The third-order valence-corrected chi connectivity index (χ3v) is 2.59. The highest BCUT2D eigenvalue weighted by Gasteiger charge is 2.00. The summed E-state index contributed by atoms with van der Waals surface area (Å²) in [6, 6.07) is 8.07. The van der Waals surface area contributed by atoms with Crippen LogP contribution in [-0.4, -0.2) is 29.8 Å². The Hall–Kier alpha value is -1.90. The Morgan fingerprint density at radius 2 is 2.06 bits per heavy atom. The van der Waals surface area contributed by atoms with Crippen molar-refractivity contribution < 1.29 is 0 Å². The van der Waals surface area contributed by atoms with Gasteiger partial charge in [-0.3, -0.25) is 4.98 Å². The number of benzene rings is 1. The number of aromatic nitrogens is 1. The second-order valence-corrected chi connectivity index (χ2v) is 3.93. The second kappa shape index (κ2) is 4.31. The highest BCUT2D eigenvalue weighted by atomic mass is 15.1. The summed E-state index contributed by atoms with van der Waals surface area (Å²) in [4.78, 5) is 10.7. The van der Waals surface area contributed by atoms with Crippen molar-refractivity contribution in [3.63, 3.8) is 0 Å². The monoisotopic (exact) mass is 213 g/mol. The van der Waals surface area contributed by atoms with Crippen LogP contribution < -0.4 is 0 Å². The van der Waals surface area contributed by atoms with Crippen LogP contribution in [0.1, 0.15) is 6.92 Å². The van der Waals surface area contributed by atoms with Gasteiger partial charge in [-0.25, -0.2) is 4.99 Å². The predicted octanol–water partition coefficient (Wildman–Crippen LogP) is 2.85. The van der Waals surface area contributed by atoms with E-state index in [0.29, 0.717) is 0 Å². The summed E-state index contributed by atoms with van der Waals surface area (Å²) in [5.41, 5.74) is 0.992. The van der Waals surface area contributed by atoms with Crippen LogP contribution in [0.2, 0.25) is 0 Å². The number of hydrogen-bond donors (Lipinski definition) is 0. The molecule has 2 rings (SSSR count). The molecule has 0 aliphatic rings. The van der Waals surface area contributed by atoms with Crippen LogP contribution in [0, 0.1) is 0 Å². The Morgan fingerprint density at radius 3 is 2.81 bits per heavy atom. The van der Waals surface area contributed by atoms with E-state index in [1.807, 2.05) is 56.4 Å². The van der Waals surface area contributed by atoms with Crippen LogP contribution in [0.5, 0.6) is 0 Å². The van der Waals surface area contributed by atoms with Crippen molar-refractivity contribution in [1.82, 2.24) is 9.88 Å². The van der Waals surface area contributed by atoms with Crippen LogP contribution in [0.3, 0.4) is 0 Å². The molecule has 16 heavy (non-hydrogen) atoms. The fourth-order valence-electron chi connectivity index (χ4n) is 1.48. The fourth-order valence-corrected chi connectivity index (χ4v) is 1.48. The van der Waals surface area contributed by atoms with Crippen molar-refractivity contribution >= 4 is 22.3 Å². The SMILES string of the molecule is CC(=Nc1cccc2cnccc12)N(C)C. The molecule has 3 heteroatoms. The van der Waals surface area contributed by atoms with E-state index in [1.54, 1.807) is 6.20 Å². The Kier molecular flexibility index (Phi) is 2.86. The first kappa shape index (κ1) is 10.6. The molecule has 0 aliphatic heterocycles. The van der Waals surface area contributed by atoms with E-state index in [0.717, 1.165) is 22.3 Å². The molecule has 2 aromatic rings. The topological polar surface area (TPSA) is 28.5 Å². The lowest BCUT2D eigenvalue weighted by atomic mass is 10.1. The molecule has 0 spiro atoms. The lowest BCUT2D eigenvalue weighted by Gasteiger charge is -2.11. The van der Waals surface area contributed by atoms with E-state index in [2.05, 4.69) is 9.98 Å². The molecule has 0 radical (unpaired) electrons. The number of pyridine rings is 1. The minimum Gasteiger partial charge on any atom is -0.366 e. The van der Waals surface area contributed by atoms with Crippen LogP contribution in [0.25, 0.3) is 10.8 Å². The van der Waals surface area contributed by atoms with E-state index in [1.165, 1.54) is 0 Å². The van der Waals surface area contributed by atoms with Crippen LogP contribution in [-0.2, 0) is 0 Å². The number of fused-ring (bicyclic) bond motifs is 1. The lowest BCUT2D eigenvalue weighted by molar-refractivity contribution is 0.619. The zero-order chi connectivity index (χ0) is 11.5. The van der Waals surface area contributed by atoms with Gasteiger partial charge >= 0.3 is 0 Å². The zero-order valence-corrected chi connectivity index (χ0v) is 9.81. The molecule has 82 valence electrons. The van der Waals surface area contributed by atoms with Gasteiger partial charge in [-0.15, -0.1) is 0 Å². The first-order valence-electron chi connectivity index (χ1n) is 5.24. The van der Waals surface area contributed by atoms with Crippen molar-refractivity contribution in [2.45, 2.75) is 6.92 Å². The normalized spacial score (nSPS) is 11.8. The van der Waals surface area contributed by atoms with Gasteiger partial charge in [0, 0.05) is 37.3 Å². The first-order valence-corrected chi connectivity index (χ1v) is 5.24. The maximum Gasteiger partial charge on any atom is 0.101 e. The Morgan fingerprint density at radius 1 is 1.25 bits per heavy atom. The van der Waals surface area contributed by atoms with Crippen LogP contribution in [0.4, 0.5) is 5.69 Å². The van der Waals surface area contributed by atoms with E-state index in [-0.39, 0.29) is 0 Å². The largest absolute Gasteiger partial charge is 0.366 e. The smallest absolute Gasteiger partial charge is 0.101 e. The fraction of sp³-hybridized carbons (Fsp3) is 0.231. The molecule has 0 atom stereocenters. The van der Waals surface area contributed by atoms with E-state index >= 15 is 0 Å². The van der Waals surface area contributed by atoms with Crippen molar-refractivity contribution in [1.29, 1.82) is 0 Å². The molecule has 0 saturated heterocycles. The molecule has 1 heterocycles. The summed E-state index contributed by atoms with van der Waals surface area (Å²) in [6.07, 6.45) is 3.66. The highest BCUT2D eigenvalue weighted by molar-refractivity contribution is 5.95. The average Bonchev–Trinajstić information content (AvgIpc) is 2.29. The minimum atomic E-state index is 0.990. The Bertz CT molecular complexity index is 524. The molecule has 0 unspecified atom stereocenters. The predicted molar refractivity (Wildman–Crippen MR) is 68.2 cm³/mol. The van der Waals surface area contributed by atoms with Crippen molar-refractivity contribution in [2.75, 3.05) is 14.1 Å². The zero-order valence-electron chi connectivity index (χ0n) is 9.81. The van der Waals surface area contributed by atoms with Crippen LogP contribution >= 0.6 is 0 Å². The van der Waals surface area contributed by atoms with E-state index in [9.17, 15) is 0 Å². The Balaban J connectivity index is 2.57. The molecular weight excluding hydrogens is 198 g/mol. The standard InChI is InChI=1S/C13H15N3/c1-10(16(2)3)15-13-6-4-5-11-9-14-8-7-12(11)13/h4-9H,1-3H3. The minimum absolute atomic E-state index is 0.990. The van der Waals surface area contributed by atoms with Gasteiger partial charge in [-0.2, -0.15) is 0 Å². The molecule has 3 nitrogen and oxygen atoms in total. The quantitative estimate of drug-likeness (QED) is 0.538. The van der Waals surface area contributed by atoms with Gasteiger partial charge in [0.05, 0.1) is 5.69 Å². The number of hydrogen-bond acceptors (Lipinski definition) is 2. The molecule has 0 bridgehead atoms. The first-order chi connectivity index (χ1) is 7.68. The molecule has 0 aliphatic carbocycles. The Labute approximate surface area is 95.4 Å². The van der Waals surface area contributed by atoms with Gasteiger partial charge < -0.3 is 4.90 Å². The highest BCUT2D eigenvalue weighted by Crippen LogP contribution is 2.25. The molecule has 0 amide bonds. The van der Waals surface area contributed by atoms with E-state index in [4.69, 9.17) is 0 Å². The maximum absolute atomic E-state index is 4.60. The summed E-state index contributed by atoms with van der Waals surface area (Å²) in [5, 5.41) is 2.26. The van der Waals surface area contributed by atoms with Gasteiger partial charge in [0.2, 0.25) is 0 Å². The summed E-state index contributed by atoms with van der Waals surface area (Å²) in [7, 11) is 3.98. The number of aliphatic imine (C=N–C) groups is 1. The summed E-state index contributed by atoms with van der Waals surface area (Å²) < 4.78 is 0. The average molecular weight is 213 g/mol. The van der Waals surface area contributed by atoms with Gasteiger partial charge in [-0.1, -0.05) is 12.1 Å². The summed E-state index contributed by atoms with van der Waals surface area (Å²) >= 11 is 0. The number of rotatable bonds is 1. The third kappa shape index (κ3) is 2.03.